The van der Waals surface area contributed by atoms with Crippen molar-refractivity contribution in [2.24, 2.45) is 0 Å². The molecule has 0 aliphatic heterocycles. The molecule has 1 unspecified atom stereocenters. The van der Waals surface area contributed by atoms with E-state index >= 15 is 0 Å². The predicted molar refractivity (Wildman–Crippen MR) is 94.3 cm³/mol. The maximum Gasteiger partial charge on any atom is 1.00 e. The number of carbonyl (C=O) groups is 4. The monoisotopic (exact) mass is 387 g/mol. The van der Waals surface area contributed by atoms with E-state index in [2.05, 4.69) is 0 Å². The molecule has 0 aromatic heterocycles. The van der Waals surface area contributed by atoms with Gasteiger partial charge in [-0.3, -0.25) is 19.3 Å². The Kier molecular flexibility index (Phi) is 16.8. The van der Waals surface area contributed by atoms with Crippen molar-refractivity contribution in [3.63, 3.8) is 0 Å². The Bertz CT molecular complexity index is 555. The number of ether oxygens (including phenoxy) is 1. The van der Waals surface area contributed by atoms with E-state index in [-0.39, 0.29) is 42.4 Å². The largest absolute Gasteiger partial charge is 1.00 e. The van der Waals surface area contributed by atoms with Crippen LogP contribution in [0.5, 0.6) is 0 Å². The number of carboxylic acid groups (broad SMARTS) is 1. The van der Waals surface area contributed by atoms with E-state index in [1.54, 1.807) is 45.1 Å². The second-order valence-corrected chi connectivity index (χ2v) is 5.37. The van der Waals surface area contributed by atoms with Gasteiger partial charge in [0.1, 0.15) is 0 Å². The first kappa shape index (κ1) is 27.5. The second kappa shape index (κ2) is 16.5. The fourth-order valence-electron chi connectivity index (χ4n) is 2.10. The molecule has 0 radical (unpaired) electrons. The molecule has 2 amide bonds. The molecule has 0 bridgehead atoms. The van der Waals surface area contributed by atoms with Gasteiger partial charge in [-0.2, -0.15) is 0 Å². The zero-order valence-corrected chi connectivity index (χ0v) is 18.5. The van der Waals surface area contributed by atoms with Gasteiger partial charge in [0, 0.05) is 12.8 Å². The van der Waals surface area contributed by atoms with Gasteiger partial charge < -0.3 is 14.6 Å². The van der Waals surface area contributed by atoms with Crippen LogP contribution < -0.4 is 34.7 Å². The van der Waals surface area contributed by atoms with E-state index in [0.29, 0.717) is 17.7 Å². The predicted octanol–water partition coefficient (Wildman–Crippen LogP) is -1.36. The van der Waals surface area contributed by atoms with Crippen LogP contribution in [0.3, 0.4) is 0 Å². The first-order valence-corrected chi connectivity index (χ1v) is 8.47. The zero-order chi connectivity index (χ0) is 19.9. The summed E-state index contributed by atoms with van der Waals surface area (Å²) < 4.78 is 4.70. The number of hydrogen-bond acceptors (Lipinski definition) is 6. The van der Waals surface area contributed by atoms with Gasteiger partial charge in [-0.15, -0.1) is 0 Å². The maximum absolute atomic E-state index is 12.4. The molecule has 1 atom stereocenters. The smallest absolute Gasteiger partial charge is 0.548 e. The molecule has 27 heavy (non-hydrogen) atoms. The summed E-state index contributed by atoms with van der Waals surface area (Å²) in [5.41, 5.74) is 0. The molecular weight excluding hydrogens is 361 g/mol. The number of rotatable bonds is 11. The van der Waals surface area contributed by atoms with Gasteiger partial charge in [-0.25, -0.2) is 0 Å². The van der Waals surface area contributed by atoms with Gasteiger partial charge in [0.05, 0.1) is 24.7 Å². The number of amides is 2. The van der Waals surface area contributed by atoms with Crippen LogP contribution in [0.2, 0.25) is 0 Å². The van der Waals surface area contributed by atoms with Gasteiger partial charge in [-0.05, 0) is 33.6 Å². The summed E-state index contributed by atoms with van der Waals surface area (Å²) in [6.45, 7) is 5.18. The topological polar surface area (TPSA) is 104 Å². The van der Waals surface area contributed by atoms with Crippen molar-refractivity contribution in [1.29, 1.82) is 0 Å². The molecule has 0 saturated carbocycles. The van der Waals surface area contributed by atoms with Gasteiger partial charge in [0.2, 0.25) is 11.8 Å². The quantitative estimate of drug-likeness (QED) is 0.188. The summed E-state index contributed by atoms with van der Waals surface area (Å²) in [5, 5.41) is 11.5. The summed E-state index contributed by atoms with van der Waals surface area (Å²) in [4.78, 5) is 48.7. The molecular formula is C19H26NNaO6. The summed E-state index contributed by atoms with van der Waals surface area (Å²) >= 11 is 0. The molecule has 8 heteroatoms. The average molecular weight is 387 g/mol. The minimum atomic E-state index is -1.70. The standard InChI is InChI=1S/C19H27NO6.Na/c1-4-7-9-11-16(21)20(17(22)12-10-8-5-2)15(19(24)25)14-18(23)26-13-6-3;/h4-8,13,15H,9-12,14H2,1-3H3,(H,24,25);/q;+1/p-1/b7-4+,8-5+,13-6+;. The number of esters is 1. The fraction of sp³-hybridized carbons (Fsp3) is 0.474. The zero-order valence-electron chi connectivity index (χ0n) is 16.5. The summed E-state index contributed by atoms with van der Waals surface area (Å²) in [7, 11) is 0. The minimum Gasteiger partial charge on any atom is -0.548 e. The molecule has 7 nitrogen and oxygen atoms in total. The van der Waals surface area contributed by atoms with E-state index < -0.39 is 36.2 Å². The van der Waals surface area contributed by atoms with Crippen molar-refractivity contribution in [2.75, 3.05) is 0 Å². The molecule has 0 rings (SSSR count). The summed E-state index contributed by atoms with van der Waals surface area (Å²) in [6, 6.07) is -1.70. The van der Waals surface area contributed by atoms with E-state index in [0.717, 1.165) is 6.26 Å². The Balaban J connectivity index is 0. The van der Waals surface area contributed by atoms with Crippen LogP contribution in [0, 0.1) is 0 Å². The normalized spacial score (nSPS) is 12.1. The van der Waals surface area contributed by atoms with E-state index in [9.17, 15) is 24.3 Å². The van der Waals surface area contributed by atoms with Crippen molar-refractivity contribution in [2.45, 2.75) is 58.9 Å². The molecule has 0 aromatic rings. The molecule has 144 valence electrons. The average Bonchev–Trinajstić information content (AvgIpc) is 2.59. The number of imide groups is 1. The minimum absolute atomic E-state index is 0. The molecule has 0 heterocycles. The Morgan fingerprint density at radius 3 is 1.78 bits per heavy atom. The molecule has 0 aliphatic carbocycles. The van der Waals surface area contributed by atoms with Gasteiger partial charge >= 0.3 is 35.5 Å². The van der Waals surface area contributed by atoms with Crippen molar-refractivity contribution in [1.82, 2.24) is 4.90 Å². The van der Waals surface area contributed by atoms with Crippen LogP contribution in [0.4, 0.5) is 0 Å². The van der Waals surface area contributed by atoms with Crippen molar-refractivity contribution in [3.05, 3.63) is 36.6 Å². The summed E-state index contributed by atoms with van der Waals surface area (Å²) in [6.07, 6.45) is 9.45. The van der Waals surface area contributed by atoms with E-state index in [4.69, 9.17) is 4.74 Å². The summed E-state index contributed by atoms with van der Waals surface area (Å²) in [5.74, 6) is -3.88. The first-order valence-electron chi connectivity index (χ1n) is 8.47. The van der Waals surface area contributed by atoms with Gasteiger partial charge in [0.15, 0.2) is 0 Å². The maximum atomic E-state index is 12.4. The first-order chi connectivity index (χ1) is 12.4. The fourth-order valence-corrected chi connectivity index (χ4v) is 2.10. The van der Waals surface area contributed by atoms with Crippen LogP contribution >= 0.6 is 0 Å². The van der Waals surface area contributed by atoms with Crippen molar-refractivity contribution in [3.8, 4) is 0 Å². The van der Waals surface area contributed by atoms with Crippen LogP contribution in [0.25, 0.3) is 0 Å². The van der Waals surface area contributed by atoms with Gasteiger partial charge in [-0.1, -0.05) is 30.4 Å². The molecule has 0 spiro atoms. The molecule has 0 saturated heterocycles. The Labute approximate surface area is 182 Å². The van der Waals surface area contributed by atoms with Crippen LogP contribution in [-0.4, -0.2) is 34.7 Å². The van der Waals surface area contributed by atoms with Crippen molar-refractivity contribution < 1.29 is 58.6 Å². The van der Waals surface area contributed by atoms with Crippen LogP contribution in [0.1, 0.15) is 52.9 Å². The van der Waals surface area contributed by atoms with Crippen LogP contribution in [0.15, 0.2) is 36.6 Å². The third-order valence-corrected chi connectivity index (χ3v) is 3.34. The number of hydrogen-bond donors (Lipinski definition) is 0. The molecule has 0 N–H and O–H groups in total. The van der Waals surface area contributed by atoms with Crippen LogP contribution in [-0.2, 0) is 23.9 Å². The van der Waals surface area contributed by atoms with Gasteiger partial charge in [0.25, 0.3) is 0 Å². The number of aliphatic carboxylic acids is 1. The molecule has 0 fully saturated rings. The number of carbonyl (C=O) groups excluding carboxylic acids is 4. The number of allylic oxidation sites excluding steroid dienone is 5. The molecule has 0 aromatic carbocycles. The van der Waals surface area contributed by atoms with Crippen molar-refractivity contribution >= 4 is 23.8 Å². The Hall–Kier alpha value is -1.70. The SMILES string of the molecule is C/C=C/CCC(=O)N(C(=O)CC/C=C/C)C(CC(=O)O/C=C/C)C(=O)[O-].[Na+]. The van der Waals surface area contributed by atoms with E-state index in [1.165, 1.54) is 6.08 Å². The Morgan fingerprint density at radius 2 is 1.41 bits per heavy atom. The Morgan fingerprint density at radius 1 is 0.926 bits per heavy atom. The number of nitrogens with zero attached hydrogens (tertiary/aromatic N) is 1. The van der Waals surface area contributed by atoms with E-state index in [1.807, 2.05) is 0 Å². The number of carboxylic acids is 1. The molecule has 0 aliphatic rings. The third kappa shape index (κ3) is 11.6. The second-order valence-electron chi connectivity index (χ2n) is 5.37. The third-order valence-electron chi connectivity index (χ3n) is 3.34.